The average molecular weight is 496 g/mol. The molecule has 5 nitrogen and oxygen atoms in total. The number of nitrogens with zero attached hydrogens (tertiary/aromatic N) is 1. The smallest absolute Gasteiger partial charge is 0.232 e. The highest BCUT2D eigenvalue weighted by Crippen LogP contribution is 2.59. The number of rotatable bonds is 10. The number of ether oxygens (including phenoxy) is 2. The number of carbonyl (C=O) groups is 1. The van der Waals surface area contributed by atoms with E-state index in [0.29, 0.717) is 24.5 Å². The predicted molar refractivity (Wildman–Crippen MR) is 144 cm³/mol. The van der Waals surface area contributed by atoms with Crippen LogP contribution in [0, 0.1) is 17.8 Å². The van der Waals surface area contributed by atoms with Gasteiger partial charge in [0, 0.05) is 18.3 Å². The molecule has 2 fully saturated rings. The van der Waals surface area contributed by atoms with Crippen LogP contribution in [0.5, 0.6) is 11.5 Å². The summed E-state index contributed by atoms with van der Waals surface area (Å²) in [6.45, 7) is 8.69. The lowest BCUT2D eigenvalue weighted by atomic mass is 9.69. The third-order valence-corrected chi connectivity index (χ3v) is 9.03. The van der Waals surface area contributed by atoms with Crippen LogP contribution in [0.15, 0.2) is 91.5 Å². The summed E-state index contributed by atoms with van der Waals surface area (Å²) in [5.74, 6) is 3.14. The van der Waals surface area contributed by atoms with E-state index in [9.17, 15) is 4.79 Å². The van der Waals surface area contributed by atoms with Crippen LogP contribution in [-0.2, 0) is 16.6 Å². The van der Waals surface area contributed by atoms with Gasteiger partial charge in [0.05, 0.1) is 31.6 Å². The highest BCUT2D eigenvalue weighted by molar-refractivity contribution is 5.91. The average Bonchev–Trinajstić information content (AvgIpc) is 3.25. The highest BCUT2D eigenvalue weighted by atomic mass is 16.7. The number of likely N-dealkylation sites (tertiary alicyclic amines) is 1. The minimum atomic E-state index is -0.807. The molecule has 2 atom stereocenters. The number of carbonyl (C=O) groups excluding carboxylic acids is 1. The minimum Gasteiger partial charge on any atom is -0.454 e. The van der Waals surface area contributed by atoms with Gasteiger partial charge in [0.2, 0.25) is 12.7 Å². The Morgan fingerprint density at radius 2 is 1.57 bits per heavy atom. The largest absolute Gasteiger partial charge is 0.454 e. The lowest BCUT2D eigenvalue weighted by Gasteiger charge is -2.38. The monoisotopic (exact) mass is 495 g/mol. The number of hydrogen-bond donors (Lipinski definition) is 1. The van der Waals surface area contributed by atoms with Gasteiger partial charge in [0.15, 0.2) is 11.5 Å². The summed E-state index contributed by atoms with van der Waals surface area (Å²) in [5.41, 5.74) is 8.70. The molecule has 0 aromatic heterocycles. The maximum atomic E-state index is 13.3. The maximum absolute atomic E-state index is 13.3. The van der Waals surface area contributed by atoms with E-state index in [1.807, 2.05) is 42.5 Å². The molecule has 2 heterocycles. The second-order valence-corrected chi connectivity index (χ2v) is 11.0. The van der Waals surface area contributed by atoms with Gasteiger partial charge in [-0.25, -0.2) is 0 Å². The van der Waals surface area contributed by atoms with Crippen LogP contribution in [-0.4, -0.2) is 43.4 Å². The predicted octanol–water partition coefficient (Wildman–Crippen LogP) is 4.70. The zero-order valence-electron chi connectivity index (χ0n) is 21.2. The summed E-state index contributed by atoms with van der Waals surface area (Å²) >= 11 is 0. The van der Waals surface area contributed by atoms with Crippen molar-refractivity contribution < 1.29 is 18.8 Å². The second-order valence-electron chi connectivity index (χ2n) is 11.0. The molecule has 0 radical (unpaired) electrons. The van der Waals surface area contributed by atoms with Gasteiger partial charge in [-0.15, -0.1) is 0 Å². The Morgan fingerprint density at radius 1 is 0.946 bits per heavy atom. The number of primary amides is 1. The molecule has 2 aliphatic heterocycles. The molecular formula is C32H35N2O3+. The van der Waals surface area contributed by atoms with E-state index in [0.717, 1.165) is 66.1 Å². The molecule has 0 spiro atoms. The van der Waals surface area contributed by atoms with Crippen LogP contribution >= 0.6 is 0 Å². The van der Waals surface area contributed by atoms with Gasteiger partial charge in [0.1, 0.15) is 0 Å². The summed E-state index contributed by atoms with van der Waals surface area (Å²) in [4.78, 5) is 13.3. The summed E-state index contributed by atoms with van der Waals surface area (Å²) in [7, 11) is 0. The van der Waals surface area contributed by atoms with Crippen molar-refractivity contribution in [2.75, 3.05) is 33.0 Å². The second kappa shape index (κ2) is 9.38. The zero-order valence-corrected chi connectivity index (χ0v) is 21.2. The van der Waals surface area contributed by atoms with Crippen molar-refractivity contribution in [1.29, 1.82) is 0 Å². The van der Waals surface area contributed by atoms with Crippen LogP contribution < -0.4 is 15.2 Å². The van der Waals surface area contributed by atoms with Crippen LogP contribution in [0.25, 0.3) is 0 Å². The van der Waals surface area contributed by atoms with Crippen molar-refractivity contribution >= 4 is 5.91 Å². The number of piperidine rings is 1. The molecule has 1 saturated heterocycles. The van der Waals surface area contributed by atoms with Crippen molar-refractivity contribution in [2.24, 2.45) is 23.5 Å². The van der Waals surface area contributed by atoms with E-state index in [1.54, 1.807) is 0 Å². The molecule has 1 saturated carbocycles. The van der Waals surface area contributed by atoms with E-state index < -0.39 is 5.41 Å². The lowest BCUT2D eigenvalue weighted by molar-refractivity contribution is -0.916. The topological polar surface area (TPSA) is 61.6 Å². The van der Waals surface area contributed by atoms with Crippen molar-refractivity contribution in [1.82, 2.24) is 0 Å². The molecule has 2 N–H and O–H groups in total. The Morgan fingerprint density at radius 3 is 2.16 bits per heavy atom. The number of quaternary nitrogens is 1. The maximum Gasteiger partial charge on any atom is 0.232 e. The van der Waals surface area contributed by atoms with Gasteiger partial charge >= 0.3 is 0 Å². The molecule has 5 heteroatoms. The number of benzene rings is 3. The molecule has 3 aliphatic rings. The van der Waals surface area contributed by atoms with Gasteiger partial charge in [-0.2, -0.15) is 0 Å². The fourth-order valence-corrected chi connectivity index (χ4v) is 7.08. The van der Waals surface area contributed by atoms with Gasteiger partial charge in [-0.05, 0) is 47.2 Å². The molecule has 6 rings (SSSR count). The van der Waals surface area contributed by atoms with Crippen LogP contribution in [0.1, 0.15) is 23.1 Å². The Kier molecular flexibility index (Phi) is 6.04. The number of amides is 1. The molecule has 0 bridgehead atoms. The Labute approximate surface area is 219 Å². The molecule has 37 heavy (non-hydrogen) atoms. The summed E-state index contributed by atoms with van der Waals surface area (Å²) in [6, 6.07) is 26.5. The third-order valence-electron chi connectivity index (χ3n) is 9.03. The number of fused-ring (bicyclic) bond motifs is 2. The summed E-state index contributed by atoms with van der Waals surface area (Å²) in [6.07, 6.45) is 3.83. The van der Waals surface area contributed by atoms with E-state index in [4.69, 9.17) is 15.2 Å². The molecular weight excluding hydrogens is 460 g/mol. The quantitative estimate of drug-likeness (QED) is 0.328. The SMILES string of the molecule is C=CC[N+]1(CCc2ccc3c(c2)OCO3)CC2C(CC(C(N)=O)(c3ccccc3)c3ccccc3)C2C1. The Balaban J connectivity index is 1.20. The van der Waals surface area contributed by atoms with E-state index >= 15 is 0 Å². The van der Waals surface area contributed by atoms with Crippen molar-refractivity contribution in [3.63, 3.8) is 0 Å². The van der Waals surface area contributed by atoms with Gasteiger partial charge in [-0.1, -0.05) is 73.3 Å². The Bertz CT molecular complexity index is 1240. The lowest BCUT2D eigenvalue weighted by Crippen LogP contribution is -2.50. The van der Waals surface area contributed by atoms with E-state index in [-0.39, 0.29) is 5.91 Å². The fraction of sp³-hybridized carbons (Fsp3) is 0.344. The molecule has 1 amide bonds. The van der Waals surface area contributed by atoms with Crippen molar-refractivity contribution in [3.05, 3.63) is 108 Å². The third kappa shape index (κ3) is 4.21. The molecule has 2 unspecified atom stereocenters. The van der Waals surface area contributed by atoms with E-state index in [1.165, 1.54) is 5.56 Å². The van der Waals surface area contributed by atoms with E-state index in [2.05, 4.69) is 49.1 Å². The molecule has 190 valence electrons. The first kappa shape index (κ1) is 23.8. The normalized spacial score (nSPS) is 25.5. The zero-order chi connectivity index (χ0) is 25.5. The summed E-state index contributed by atoms with van der Waals surface area (Å²) in [5, 5.41) is 0. The molecule has 1 aliphatic carbocycles. The summed E-state index contributed by atoms with van der Waals surface area (Å²) < 4.78 is 12.1. The van der Waals surface area contributed by atoms with Gasteiger partial charge in [0.25, 0.3) is 0 Å². The molecule has 3 aromatic carbocycles. The van der Waals surface area contributed by atoms with Crippen LogP contribution in [0.3, 0.4) is 0 Å². The first-order chi connectivity index (χ1) is 18.0. The number of nitrogens with two attached hydrogens (primary N) is 1. The Hall–Kier alpha value is -3.57. The van der Waals surface area contributed by atoms with Crippen LogP contribution in [0.2, 0.25) is 0 Å². The number of hydrogen-bond acceptors (Lipinski definition) is 3. The first-order valence-electron chi connectivity index (χ1n) is 13.3. The van der Waals surface area contributed by atoms with Gasteiger partial charge < -0.3 is 19.7 Å². The standard InChI is InChI=1S/C32H34N2O3/c1-2-16-34(17-15-23-13-14-29-30(18-23)37-22-36-29)20-27-26(28(27)21-34)19-32(31(33)35,24-9-5-3-6-10-24)25-11-7-4-8-12-25/h2-14,18,26-28H,1,15-17,19-22H2,(H-,33,35)/p+1. The van der Waals surface area contributed by atoms with Gasteiger partial charge in [-0.3, -0.25) is 4.79 Å². The minimum absolute atomic E-state index is 0.260. The fourth-order valence-electron chi connectivity index (χ4n) is 7.08. The highest BCUT2D eigenvalue weighted by Gasteiger charge is 2.64. The van der Waals surface area contributed by atoms with Crippen molar-refractivity contribution in [2.45, 2.75) is 18.3 Å². The van der Waals surface area contributed by atoms with Crippen molar-refractivity contribution in [3.8, 4) is 11.5 Å². The first-order valence-corrected chi connectivity index (χ1v) is 13.3. The van der Waals surface area contributed by atoms with Crippen LogP contribution in [0.4, 0.5) is 0 Å². The molecule has 3 aromatic rings.